The van der Waals surface area contributed by atoms with Crippen molar-refractivity contribution in [1.29, 1.82) is 0 Å². The second-order valence-electron chi connectivity index (χ2n) is 4.09. The first-order chi connectivity index (χ1) is 7.83. The highest BCUT2D eigenvalue weighted by molar-refractivity contribution is 4.98. The highest BCUT2D eigenvalue weighted by Crippen LogP contribution is 2.05. The largest absolute Gasteiger partial charge is 0.469 e. The van der Waals surface area contributed by atoms with Gasteiger partial charge in [0.05, 0.1) is 12.9 Å². The van der Waals surface area contributed by atoms with Gasteiger partial charge in [-0.1, -0.05) is 6.92 Å². The van der Waals surface area contributed by atoms with Gasteiger partial charge >= 0.3 is 0 Å². The highest BCUT2D eigenvalue weighted by Gasteiger charge is 2.02. The smallest absolute Gasteiger partial charge is 0.103 e. The Morgan fingerprint density at radius 1 is 1.44 bits per heavy atom. The summed E-state index contributed by atoms with van der Waals surface area (Å²) in [5.74, 6) is 1.07. The van der Waals surface area contributed by atoms with Gasteiger partial charge in [0.25, 0.3) is 0 Å². The highest BCUT2D eigenvalue weighted by atomic mass is 16.5. The average Bonchev–Trinajstić information content (AvgIpc) is 2.79. The minimum atomic E-state index is 0.510. The monoisotopic (exact) mass is 225 g/mol. The molecular formula is C13H23NO2. The first-order valence-electron chi connectivity index (χ1n) is 6.16. The molecule has 3 heteroatoms. The lowest BCUT2D eigenvalue weighted by Gasteiger charge is -2.12. The Kier molecular flexibility index (Phi) is 6.93. The molecule has 1 heterocycles. The summed E-state index contributed by atoms with van der Waals surface area (Å²) in [5.41, 5.74) is 0. The summed E-state index contributed by atoms with van der Waals surface area (Å²) < 4.78 is 10.7. The van der Waals surface area contributed by atoms with Crippen molar-refractivity contribution in [2.75, 3.05) is 19.8 Å². The van der Waals surface area contributed by atoms with E-state index in [1.54, 1.807) is 6.26 Å². The van der Waals surface area contributed by atoms with E-state index in [2.05, 4.69) is 19.2 Å². The van der Waals surface area contributed by atoms with E-state index >= 15 is 0 Å². The van der Waals surface area contributed by atoms with Crippen molar-refractivity contribution in [3.63, 3.8) is 0 Å². The Labute approximate surface area is 98.2 Å². The second kappa shape index (κ2) is 8.36. The van der Waals surface area contributed by atoms with Crippen LogP contribution in [0.25, 0.3) is 0 Å². The van der Waals surface area contributed by atoms with Gasteiger partial charge in [-0.2, -0.15) is 0 Å². The van der Waals surface area contributed by atoms with E-state index in [1.807, 2.05) is 12.1 Å². The zero-order chi connectivity index (χ0) is 11.6. The van der Waals surface area contributed by atoms with Crippen LogP contribution in [0.2, 0.25) is 0 Å². The Hall–Kier alpha value is -0.800. The SMILES string of the molecule is CCCOCCNC(C)CCc1ccco1. The van der Waals surface area contributed by atoms with Crippen LogP contribution in [0.15, 0.2) is 22.8 Å². The molecule has 0 aliphatic heterocycles. The zero-order valence-electron chi connectivity index (χ0n) is 10.4. The van der Waals surface area contributed by atoms with Crippen LogP contribution >= 0.6 is 0 Å². The molecule has 0 bridgehead atoms. The molecule has 0 spiro atoms. The number of hydrogen-bond donors (Lipinski definition) is 1. The van der Waals surface area contributed by atoms with Gasteiger partial charge < -0.3 is 14.5 Å². The molecule has 0 saturated carbocycles. The van der Waals surface area contributed by atoms with Gasteiger partial charge in [0, 0.05) is 25.6 Å². The van der Waals surface area contributed by atoms with Gasteiger partial charge in [0.15, 0.2) is 0 Å². The number of rotatable bonds is 9. The quantitative estimate of drug-likeness (QED) is 0.656. The maximum atomic E-state index is 5.40. The maximum absolute atomic E-state index is 5.40. The fraction of sp³-hybridized carbons (Fsp3) is 0.692. The van der Waals surface area contributed by atoms with E-state index in [-0.39, 0.29) is 0 Å². The normalized spacial score (nSPS) is 12.9. The van der Waals surface area contributed by atoms with Crippen LogP contribution in [0.1, 0.15) is 32.4 Å². The van der Waals surface area contributed by atoms with Gasteiger partial charge in [-0.3, -0.25) is 0 Å². The molecule has 0 radical (unpaired) electrons. The predicted octanol–water partition coefficient (Wildman–Crippen LogP) is 2.62. The van der Waals surface area contributed by atoms with Gasteiger partial charge in [-0.25, -0.2) is 0 Å². The molecule has 1 N–H and O–H groups in total. The van der Waals surface area contributed by atoms with Crippen LogP contribution in [0, 0.1) is 0 Å². The molecule has 1 unspecified atom stereocenters. The summed E-state index contributed by atoms with van der Waals surface area (Å²) in [6.07, 6.45) is 4.92. The zero-order valence-corrected chi connectivity index (χ0v) is 10.4. The number of ether oxygens (including phenoxy) is 1. The molecule has 0 amide bonds. The minimum absolute atomic E-state index is 0.510. The van der Waals surface area contributed by atoms with Crippen LogP contribution in [0.3, 0.4) is 0 Å². The summed E-state index contributed by atoms with van der Waals surface area (Å²) in [6.45, 7) is 6.92. The molecule has 1 rings (SSSR count). The van der Waals surface area contributed by atoms with Crippen molar-refractivity contribution in [3.8, 4) is 0 Å². The van der Waals surface area contributed by atoms with Crippen molar-refractivity contribution in [1.82, 2.24) is 5.32 Å². The summed E-state index contributed by atoms with van der Waals surface area (Å²) in [6, 6.07) is 4.47. The Balaban J connectivity index is 1.96. The molecule has 0 aliphatic carbocycles. The number of furan rings is 1. The third-order valence-corrected chi connectivity index (χ3v) is 2.49. The average molecular weight is 225 g/mol. The van der Waals surface area contributed by atoms with Crippen molar-refractivity contribution >= 4 is 0 Å². The molecule has 0 aromatic carbocycles. The lowest BCUT2D eigenvalue weighted by Crippen LogP contribution is -2.29. The number of nitrogens with one attached hydrogen (secondary N) is 1. The molecule has 0 fully saturated rings. The second-order valence-corrected chi connectivity index (χ2v) is 4.09. The maximum Gasteiger partial charge on any atom is 0.103 e. The fourth-order valence-corrected chi connectivity index (χ4v) is 1.54. The van der Waals surface area contributed by atoms with Crippen LogP contribution < -0.4 is 5.32 Å². The van der Waals surface area contributed by atoms with Crippen molar-refractivity contribution in [3.05, 3.63) is 24.2 Å². The van der Waals surface area contributed by atoms with Gasteiger partial charge in [0.2, 0.25) is 0 Å². The molecule has 1 aromatic heterocycles. The van der Waals surface area contributed by atoms with Crippen LogP contribution in [-0.4, -0.2) is 25.8 Å². The van der Waals surface area contributed by atoms with Gasteiger partial charge in [0.1, 0.15) is 5.76 Å². The molecule has 0 saturated heterocycles. The Bertz CT molecular complexity index is 246. The third-order valence-electron chi connectivity index (χ3n) is 2.49. The molecule has 1 atom stereocenters. The predicted molar refractivity (Wildman–Crippen MR) is 65.6 cm³/mol. The third kappa shape index (κ3) is 5.93. The first-order valence-corrected chi connectivity index (χ1v) is 6.16. The molecule has 92 valence electrons. The lowest BCUT2D eigenvalue weighted by atomic mass is 10.1. The fourth-order valence-electron chi connectivity index (χ4n) is 1.54. The van der Waals surface area contributed by atoms with Crippen LogP contribution in [0.4, 0.5) is 0 Å². The minimum Gasteiger partial charge on any atom is -0.469 e. The molecule has 16 heavy (non-hydrogen) atoms. The van der Waals surface area contributed by atoms with Crippen molar-refractivity contribution in [2.24, 2.45) is 0 Å². The topological polar surface area (TPSA) is 34.4 Å². The van der Waals surface area contributed by atoms with Crippen molar-refractivity contribution in [2.45, 2.75) is 39.2 Å². The van der Waals surface area contributed by atoms with Crippen LogP contribution in [0.5, 0.6) is 0 Å². The van der Waals surface area contributed by atoms with E-state index in [0.29, 0.717) is 6.04 Å². The van der Waals surface area contributed by atoms with Crippen molar-refractivity contribution < 1.29 is 9.15 Å². The van der Waals surface area contributed by atoms with E-state index in [0.717, 1.165) is 44.8 Å². The Morgan fingerprint density at radius 2 is 2.31 bits per heavy atom. The summed E-state index contributed by atoms with van der Waals surface area (Å²) in [4.78, 5) is 0. The molecule has 1 aromatic rings. The van der Waals surface area contributed by atoms with Gasteiger partial charge in [-0.05, 0) is 31.9 Å². The molecule has 3 nitrogen and oxygen atoms in total. The van der Waals surface area contributed by atoms with E-state index in [9.17, 15) is 0 Å². The van der Waals surface area contributed by atoms with Crippen LogP contribution in [-0.2, 0) is 11.2 Å². The van der Waals surface area contributed by atoms with E-state index in [4.69, 9.17) is 9.15 Å². The molecule has 0 aliphatic rings. The number of hydrogen-bond acceptors (Lipinski definition) is 3. The number of aryl methyl sites for hydroxylation is 1. The lowest BCUT2D eigenvalue weighted by molar-refractivity contribution is 0.134. The van der Waals surface area contributed by atoms with Gasteiger partial charge in [-0.15, -0.1) is 0 Å². The Morgan fingerprint density at radius 3 is 3.00 bits per heavy atom. The summed E-state index contributed by atoms with van der Waals surface area (Å²) in [7, 11) is 0. The summed E-state index contributed by atoms with van der Waals surface area (Å²) >= 11 is 0. The molecular weight excluding hydrogens is 202 g/mol. The summed E-state index contributed by atoms with van der Waals surface area (Å²) in [5, 5.41) is 3.44. The van der Waals surface area contributed by atoms with E-state index in [1.165, 1.54) is 0 Å². The standard InChI is InChI=1S/C13H23NO2/c1-3-9-15-11-8-14-12(2)6-7-13-5-4-10-16-13/h4-5,10,12,14H,3,6-9,11H2,1-2H3. The van der Waals surface area contributed by atoms with E-state index < -0.39 is 0 Å². The first kappa shape index (κ1) is 13.3.